The average molecular weight is 282 g/mol. The molecule has 84 valence electrons. The van der Waals surface area contributed by atoms with Crippen LogP contribution >= 0.6 is 15.9 Å². The van der Waals surface area contributed by atoms with Crippen molar-refractivity contribution in [3.63, 3.8) is 0 Å². The predicted octanol–water partition coefficient (Wildman–Crippen LogP) is 2.45. The second kappa shape index (κ2) is 5.23. The summed E-state index contributed by atoms with van der Waals surface area (Å²) in [7, 11) is 1.67. The van der Waals surface area contributed by atoms with Crippen molar-refractivity contribution in [2.75, 3.05) is 25.6 Å². The van der Waals surface area contributed by atoms with Crippen molar-refractivity contribution in [1.29, 1.82) is 0 Å². The fourth-order valence-electron chi connectivity index (χ4n) is 1.35. The first-order chi connectivity index (χ1) is 7.79. The second-order valence-corrected chi connectivity index (χ2v) is 4.23. The van der Waals surface area contributed by atoms with Crippen molar-refractivity contribution < 1.29 is 4.74 Å². The van der Waals surface area contributed by atoms with Gasteiger partial charge in [0.1, 0.15) is 0 Å². The topological polar surface area (TPSA) is 47.0 Å². The lowest BCUT2D eigenvalue weighted by molar-refractivity contribution is 0.210. The van der Waals surface area contributed by atoms with Crippen LogP contribution in [0.4, 0.5) is 5.95 Å². The normalized spacial score (nSPS) is 10.6. The number of methoxy groups -OCH3 is 1. The van der Waals surface area contributed by atoms with Gasteiger partial charge in [0.2, 0.25) is 5.95 Å². The van der Waals surface area contributed by atoms with Gasteiger partial charge in [-0.05, 0) is 12.1 Å². The highest BCUT2D eigenvalue weighted by molar-refractivity contribution is 9.10. The van der Waals surface area contributed by atoms with Gasteiger partial charge in [-0.2, -0.15) is 0 Å². The van der Waals surface area contributed by atoms with Crippen LogP contribution in [0.5, 0.6) is 0 Å². The standard InChI is InChI=1S/C11H12BrN3O/c1-16-5-4-13-11-14-7-8-2-3-9(12)6-10(8)15-11/h2-3,6-7H,4-5H2,1H3,(H,13,14,15). The van der Waals surface area contributed by atoms with Crippen molar-refractivity contribution in [1.82, 2.24) is 9.97 Å². The Morgan fingerprint density at radius 3 is 3.12 bits per heavy atom. The van der Waals surface area contributed by atoms with E-state index >= 15 is 0 Å². The van der Waals surface area contributed by atoms with E-state index in [1.807, 2.05) is 24.4 Å². The minimum atomic E-state index is 0.627. The van der Waals surface area contributed by atoms with E-state index in [2.05, 4.69) is 31.2 Å². The van der Waals surface area contributed by atoms with Crippen molar-refractivity contribution in [3.05, 3.63) is 28.9 Å². The molecule has 2 rings (SSSR count). The Bertz CT molecular complexity index is 490. The maximum atomic E-state index is 4.94. The number of aromatic nitrogens is 2. The Morgan fingerprint density at radius 1 is 1.44 bits per heavy atom. The van der Waals surface area contributed by atoms with Gasteiger partial charge in [0, 0.05) is 29.7 Å². The molecular formula is C11H12BrN3O. The van der Waals surface area contributed by atoms with E-state index in [-0.39, 0.29) is 0 Å². The highest BCUT2D eigenvalue weighted by Crippen LogP contribution is 2.18. The highest BCUT2D eigenvalue weighted by atomic mass is 79.9. The SMILES string of the molecule is COCCNc1ncc2ccc(Br)cc2n1. The molecular weight excluding hydrogens is 270 g/mol. The first kappa shape index (κ1) is 11.3. The molecule has 0 saturated heterocycles. The first-order valence-corrected chi connectivity index (χ1v) is 5.74. The lowest BCUT2D eigenvalue weighted by Crippen LogP contribution is -2.09. The number of anilines is 1. The van der Waals surface area contributed by atoms with Crippen LogP contribution in [-0.4, -0.2) is 30.2 Å². The van der Waals surface area contributed by atoms with Gasteiger partial charge in [-0.15, -0.1) is 0 Å². The lowest BCUT2D eigenvalue weighted by Gasteiger charge is -2.04. The van der Waals surface area contributed by atoms with Crippen LogP contribution < -0.4 is 5.32 Å². The third kappa shape index (κ3) is 2.68. The molecule has 5 heteroatoms. The van der Waals surface area contributed by atoms with Crippen molar-refractivity contribution in [3.8, 4) is 0 Å². The van der Waals surface area contributed by atoms with Gasteiger partial charge >= 0.3 is 0 Å². The Morgan fingerprint density at radius 2 is 2.31 bits per heavy atom. The maximum Gasteiger partial charge on any atom is 0.223 e. The molecule has 1 aromatic carbocycles. The number of hydrogen-bond acceptors (Lipinski definition) is 4. The third-order valence-electron chi connectivity index (χ3n) is 2.13. The molecule has 0 atom stereocenters. The molecule has 16 heavy (non-hydrogen) atoms. The van der Waals surface area contributed by atoms with E-state index in [9.17, 15) is 0 Å². The average Bonchev–Trinajstić information content (AvgIpc) is 2.29. The van der Waals surface area contributed by atoms with Crippen LogP contribution in [0.15, 0.2) is 28.9 Å². The Kier molecular flexibility index (Phi) is 3.69. The largest absolute Gasteiger partial charge is 0.383 e. The number of nitrogens with one attached hydrogen (secondary N) is 1. The minimum Gasteiger partial charge on any atom is -0.383 e. The van der Waals surface area contributed by atoms with E-state index in [1.54, 1.807) is 7.11 Å². The lowest BCUT2D eigenvalue weighted by atomic mass is 10.2. The molecule has 0 aliphatic rings. The van der Waals surface area contributed by atoms with Crippen LogP contribution in [0.2, 0.25) is 0 Å². The Balaban J connectivity index is 2.21. The number of fused-ring (bicyclic) bond motifs is 1. The number of halogens is 1. The first-order valence-electron chi connectivity index (χ1n) is 4.95. The molecule has 0 aliphatic carbocycles. The van der Waals surface area contributed by atoms with Gasteiger partial charge in [0.15, 0.2) is 0 Å². The monoisotopic (exact) mass is 281 g/mol. The zero-order chi connectivity index (χ0) is 11.4. The summed E-state index contributed by atoms with van der Waals surface area (Å²) in [6.07, 6.45) is 1.81. The Hall–Kier alpha value is -1.20. The molecule has 1 heterocycles. The van der Waals surface area contributed by atoms with Gasteiger partial charge in [-0.1, -0.05) is 22.0 Å². The van der Waals surface area contributed by atoms with E-state index in [1.165, 1.54) is 0 Å². The molecule has 1 N–H and O–H groups in total. The van der Waals surface area contributed by atoms with Crippen LogP contribution in [0.25, 0.3) is 10.9 Å². The molecule has 1 aromatic heterocycles. The molecule has 0 spiro atoms. The summed E-state index contributed by atoms with van der Waals surface area (Å²) in [5.74, 6) is 0.627. The van der Waals surface area contributed by atoms with Crippen molar-refractivity contribution in [2.45, 2.75) is 0 Å². The van der Waals surface area contributed by atoms with Crippen LogP contribution in [0.1, 0.15) is 0 Å². The number of hydrogen-bond donors (Lipinski definition) is 1. The molecule has 4 nitrogen and oxygen atoms in total. The Labute approximate surface area is 102 Å². The summed E-state index contributed by atoms with van der Waals surface area (Å²) in [6, 6.07) is 5.93. The molecule has 0 fully saturated rings. The van der Waals surface area contributed by atoms with Gasteiger partial charge < -0.3 is 10.1 Å². The molecule has 0 radical (unpaired) electrons. The predicted molar refractivity (Wildman–Crippen MR) is 67.6 cm³/mol. The smallest absolute Gasteiger partial charge is 0.223 e. The van der Waals surface area contributed by atoms with Crippen LogP contribution in [0, 0.1) is 0 Å². The maximum absolute atomic E-state index is 4.94. The number of benzene rings is 1. The molecule has 2 aromatic rings. The summed E-state index contributed by atoms with van der Waals surface area (Å²) in [5, 5.41) is 4.12. The van der Waals surface area contributed by atoms with Gasteiger partial charge in [0.25, 0.3) is 0 Å². The quantitative estimate of drug-likeness (QED) is 0.875. The molecule has 0 saturated carbocycles. The van der Waals surface area contributed by atoms with Crippen molar-refractivity contribution in [2.24, 2.45) is 0 Å². The summed E-state index contributed by atoms with van der Waals surface area (Å²) in [6.45, 7) is 1.34. The summed E-state index contributed by atoms with van der Waals surface area (Å²) in [4.78, 5) is 8.62. The van der Waals surface area contributed by atoms with E-state index in [4.69, 9.17) is 4.74 Å². The van der Waals surface area contributed by atoms with Gasteiger partial charge in [0.05, 0.1) is 12.1 Å². The summed E-state index contributed by atoms with van der Waals surface area (Å²) < 4.78 is 5.96. The van der Waals surface area contributed by atoms with Gasteiger partial charge in [-0.25, -0.2) is 9.97 Å². The van der Waals surface area contributed by atoms with Crippen LogP contribution in [-0.2, 0) is 4.74 Å². The zero-order valence-electron chi connectivity index (χ0n) is 8.90. The number of ether oxygens (including phenoxy) is 1. The number of nitrogens with zero attached hydrogens (tertiary/aromatic N) is 2. The van der Waals surface area contributed by atoms with Gasteiger partial charge in [-0.3, -0.25) is 0 Å². The molecule has 0 unspecified atom stereocenters. The number of rotatable bonds is 4. The second-order valence-electron chi connectivity index (χ2n) is 3.32. The zero-order valence-corrected chi connectivity index (χ0v) is 10.5. The summed E-state index contributed by atoms with van der Waals surface area (Å²) in [5.41, 5.74) is 0.921. The van der Waals surface area contributed by atoms with E-state index < -0.39 is 0 Å². The van der Waals surface area contributed by atoms with Crippen molar-refractivity contribution >= 4 is 32.8 Å². The molecule has 0 amide bonds. The highest BCUT2D eigenvalue weighted by Gasteiger charge is 1.99. The van der Waals surface area contributed by atoms with E-state index in [0.717, 1.165) is 15.4 Å². The fraction of sp³-hybridized carbons (Fsp3) is 0.273. The minimum absolute atomic E-state index is 0.627. The summed E-state index contributed by atoms with van der Waals surface area (Å²) >= 11 is 3.42. The molecule has 0 bridgehead atoms. The van der Waals surface area contributed by atoms with E-state index in [0.29, 0.717) is 19.1 Å². The van der Waals surface area contributed by atoms with Crippen LogP contribution in [0.3, 0.4) is 0 Å². The third-order valence-corrected chi connectivity index (χ3v) is 2.63. The molecule has 0 aliphatic heterocycles. The fourth-order valence-corrected chi connectivity index (χ4v) is 1.70.